The van der Waals surface area contributed by atoms with Crippen LogP contribution in [0.4, 0.5) is 0 Å². The van der Waals surface area contributed by atoms with E-state index in [0.29, 0.717) is 25.4 Å². The number of benzene rings is 2. The molecule has 2 heterocycles. The average molecular weight is 480 g/mol. The summed E-state index contributed by atoms with van der Waals surface area (Å²) in [6.07, 6.45) is 1.73. The number of rotatable bonds is 8. The van der Waals surface area contributed by atoms with Gasteiger partial charge in [0.25, 0.3) is 0 Å². The van der Waals surface area contributed by atoms with Gasteiger partial charge in [0.1, 0.15) is 18.4 Å². The van der Waals surface area contributed by atoms with E-state index in [0.717, 1.165) is 16.8 Å². The van der Waals surface area contributed by atoms with E-state index in [2.05, 4.69) is 10.3 Å². The van der Waals surface area contributed by atoms with E-state index in [1.165, 1.54) is 0 Å². The molecule has 8 heteroatoms. The molecule has 178 valence electrons. The Morgan fingerprint density at radius 1 is 1.00 bits per heavy atom. The van der Waals surface area contributed by atoms with Gasteiger partial charge >= 0.3 is 0 Å². The van der Waals surface area contributed by atoms with Crippen LogP contribution in [0, 0.1) is 0 Å². The molecule has 1 aliphatic heterocycles. The molecule has 7 nitrogen and oxygen atoms in total. The first-order valence-corrected chi connectivity index (χ1v) is 13.2. The molecular formula is C26H29N3O4S. The number of amides is 1. The van der Waals surface area contributed by atoms with Crippen LogP contribution in [0.25, 0.3) is 0 Å². The van der Waals surface area contributed by atoms with Crippen LogP contribution in [-0.2, 0) is 21.2 Å². The molecule has 2 atom stereocenters. The summed E-state index contributed by atoms with van der Waals surface area (Å²) in [4.78, 5) is 19.7. The van der Waals surface area contributed by atoms with Gasteiger partial charge in [-0.25, -0.2) is 8.42 Å². The number of aromatic nitrogens is 1. The van der Waals surface area contributed by atoms with Gasteiger partial charge in [0.05, 0.1) is 23.2 Å². The summed E-state index contributed by atoms with van der Waals surface area (Å²) in [5.41, 5.74) is 2.60. The van der Waals surface area contributed by atoms with Gasteiger partial charge in [-0.15, -0.1) is 0 Å². The Bertz CT molecular complexity index is 1190. The van der Waals surface area contributed by atoms with Crippen LogP contribution in [0.1, 0.15) is 35.8 Å². The Balaban J connectivity index is 1.46. The van der Waals surface area contributed by atoms with Crippen molar-refractivity contribution < 1.29 is 17.9 Å². The molecule has 1 saturated heterocycles. The smallest absolute Gasteiger partial charge is 0.242 e. The topological polar surface area (TPSA) is 88.6 Å². The molecule has 1 aromatic heterocycles. The van der Waals surface area contributed by atoms with E-state index in [1.807, 2.05) is 84.6 Å². The van der Waals surface area contributed by atoms with Crippen molar-refractivity contribution in [1.29, 1.82) is 0 Å². The first kappa shape index (κ1) is 23.9. The Labute approximate surface area is 200 Å². The third kappa shape index (κ3) is 6.21. The highest BCUT2D eigenvalue weighted by Gasteiger charge is 2.33. The van der Waals surface area contributed by atoms with Crippen LogP contribution >= 0.6 is 0 Å². The highest BCUT2D eigenvalue weighted by Crippen LogP contribution is 2.26. The van der Waals surface area contributed by atoms with Gasteiger partial charge < -0.3 is 10.1 Å². The molecule has 1 amide bonds. The Hall–Kier alpha value is -3.23. The highest BCUT2D eigenvalue weighted by atomic mass is 32.2. The van der Waals surface area contributed by atoms with Crippen molar-refractivity contribution in [2.45, 2.75) is 25.6 Å². The van der Waals surface area contributed by atoms with Crippen molar-refractivity contribution in [2.24, 2.45) is 0 Å². The van der Waals surface area contributed by atoms with Crippen molar-refractivity contribution in [3.8, 4) is 5.75 Å². The maximum Gasteiger partial charge on any atom is 0.242 e. The summed E-state index contributed by atoms with van der Waals surface area (Å²) in [6, 6.07) is 22.0. The number of nitrogens with zero attached hydrogens (tertiary/aromatic N) is 2. The Morgan fingerprint density at radius 3 is 2.41 bits per heavy atom. The minimum atomic E-state index is -3.05. The fourth-order valence-corrected chi connectivity index (χ4v) is 5.27. The monoisotopic (exact) mass is 479 g/mol. The number of carbonyl (C=O) groups is 1. The van der Waals surface area contributed by atoms with Crippen molar-refractivity contribution in [3.05, 3.63) is 95.8 Å². The summed E-state index contributed by atoms with van der Waals surface area (Å²) in [5.74, 6) is 0.673. The third-order valence-corrected chi connectivity index (χ3v) is 7.55. The zero-order valence-electron chi connectivity index (χ0n) is 19.1. The Kier molecular flexibility index (Phi) is 7.59. The highest BCUT2D eigenvalue weighted by molar-refractivity contribution is 7.91. The number of carbonyl (C=O) groups excluding carboxylic acids is 1. The molecule has 0 spiro atoms. The molecule has 2 unspecified atom stereocenters. The van der Waals surface area contributed by atoms with E-state index in [4.69, 9.17) is 4.74 Å². The van der Waals surface area contributed by atoms with Crippen molar-refractivity contribution in [3.63, 3.8) is 0 Å². The zero-order chi connectivity index (χ0) is 24.0. The molecule has 0 radical (unpaired) electrons. The summed E-state index contributed by atoms with van der Waals surface area (Å²) >= 11 is 0. The quantitative estimate of drug-likeness (QED) is 0.533. The number of hydrogen-bond acceptors (Lipinski definition) is 6. The largest absolute Gasteiger partial charge is 0.487 e. The molecule has 2 aromatic carbocycles. The minimum absolute atomic E-state index is 0.0643. The second kappa shape index (κ2) is 10.8. The molecule has 1 fully saturated rings. The molecule has 0 aliphatic carbocycles. The number of sulfone groups is 1. The molecular weight excluding hydrogens is 450 g/mol. The summed E-state index contributed by atoms with van der Waals surface area (Å²) in [5, 5.41) is 3.12. The molecule has 0 saturated carbocycles. The van der Waals surface area contributed by atoms with Gasteiger partial charge in [0.15, 0.2) is 9.84 Å². The van der Waals surface area contributed by atoms with Crippen LogP contribution < -0.4 is 10.1 Å². The molecule has 0 bridgehead atoms. The molecule has 4 rings (SSSR count). The van der Waals surface area contributed by atoms with Crippen molar-refractivity contribution in [2.75, 3.05) is 24.6 Å². The fourth-order valence-electron chi connectivity index (χ4n) is 4.04. The fraction of sp³-hybridized carbons (Fsp3) is 0.308. The summed E-state index contributed by atoms with van der Waals surface area (Å²) in [6.45, 7) is 2.96. The van der Waals surface area contributed by atoms with E-state index < -0.39 is 15.9 Å². The van der Waals surface area contributed by atoms with Crippen LogP contribution in [0.15, 0.2) is 79.0 Å². The van der Waals surface area contributed by atoms with Gasteiger partial charge in [0.2, 0.25) is 5.91 Å². The second-order valence-electron chi connectivity index (χ2n) is 8.41. The lowest BCUT2D eigenvalue weighted by molar-refractivity contribution is -0.127. The van der Waals surface area contributed by atoms with Gasteiger partial charge in [-0.3, -0.25) is 14.7 Å². The number of pyridine rings is 1. The van der Waals surface area contributed by atoms with E-state index >= 15 is 0 Å². The lowest BCUT2D eigenvalue weighted by Gasteiger charge is -2.34. The number of nitrogens with one attached hydrogen (secondary N) is 1. The lowest BCUT2D eigenvalue weighted by atomic mass is 10.0. The van der Waals surface area contributed by atoms with Crippen LogP contribution in [0.2, 0.25) is 0 Å². The SMILES string of the molecule is CC(NC(=O)C(c1ccccc1)N1CCS(=O)(=O)CC1)c1cccc(OCc2ccccn2)c1. The minimum Gasteiger partial charge on any atom is -0.487 e. The molecule has 1 N–H and O–H groups in total. The molecule has 3 aromatic rings. The summed E-state index contributed by atoms with van der Waals surface area (Å²) < 4.78 is 29.7. The predicted octanol–water partition coefficient (Wildman–Crippen LogP) is 3.31. The van der Waals surface area contributed by atoms with Crippen molar-refractivity contribution in [1.82, 2.24) is 15.2 Å². The average Bonchev–Trinajstić information content (AvgIpc) is 2.85. The number of ether oxygens (including phenoxy) is 1. The second-order valence-corrected chi connectivity index (χ2v) is 10.7. The van der Waals surface area contributed by atoms with Gasteiger partial charge in [-0.05, 0) is 42.3 Å². The lowest BCUT2D eigenvalue weighted by Crippen LogP contribution is -2.47. The normalized spacial score (nSPS) is 17.4. The predicted molar refractivity (Wildman–Crippen MR) is 131 cm³/mol. The van der Waals surface area contributed by atoms with Crippen LogP contribution in [-0.4, -0.2) is 48.8 Å². The first-order valence-electron chi connectivity index (χ1n) is 11.3. The van der Waals surface area contributed by atoms with E-state index in [9.17, 15) is 13.2 Å². The van der Waals surface area contributed by atoms with Gasteiger partial charge in [-0.2, -0.15) is 0 Å². The maximum absolute atomic E-state index is 13.4. The molecule has 1 aliphatic rings. The molecule has 34 heavy (non-hydrogen) atoms. The van der Waals surface area contributed by atoms with E-state index in [-0.39, 0.29) is 23.5 Å². The van der Waals surface area contributed by atoms with Gasteiger partial charge in [0, 0.05) is 19.3 Å². The maximum atomic E-state index is 13.4. The standard InChI is InChI=1S/C26H29N3O4S/c1-20(22-10-7-12-24(18-22)33-19-23-11-5-6-13-27-23)28-26(30)25(21-8-3-2-4-9-21)29-14-16-34(31,32)17-15-29/h2-13,18,20,25H,14-17,19H2,1H3,(H,28,30). The zero-order valence-corrected chi connectivity index (χ0v) is 19.9. The van der Waals surface area contributed by atoms with Crippen molar-refractivity contribution >= 4 is 15.7 Å². The Morgan fingerprint density at radius 2 is 1.71 bits per heavy atom. The van der Waals surface area contributed by atoms with E-state index in [1.54, 1.807) is 6.20 Å². The van der Waals surface area contributed by atoms with Gasteiger partial charge in [-0.1, -0.05) is 48.5 Å². The van der Waals surface area contributed by atoms with Crippen LogP contribution in [0.3, 0.4) is 0 Å². The van der Waals surface area contributed by atoms with Crippen LogP contribution in [0.5, 0.6) is 5.75 Å². The first-order chi connectivity index (χ1) is 16.4. The summed E-state index contributed by atoms with van der Waals surface area (Å²) in [7, 11) is -3.05. The third-order valence-electron chi connectivity index (χ3n) is 5.94. The number of hydrogen-bond donors (Lipinski definition) is 1.